The van der Waals surface area contributed by atoms with Gasteiger partial charge in [0, 0.05) is 5.69 Å². The molecule has 1 heterocycles. The summed E-state index contributed by atoms with van der Waals surface area (Å²) in [5, 5.41) is 7.76. The summed E-state index contributed by atoms with van der Waals surface area (Å²) in [4.78, 5) is 4.66. The van der Waals surface area contributed by atoms with E-state index in [2.05, 4.69) is 11.9 Å². The summed E-state index contributed by atoms with van der Waals surface area (Å²) in [6.45, 7) is 2.24. The SMILES string of the molecule is CC1CCCCC1Oc1nc2c(cc1C(=N)N)CCC2. The first-order valence-corrected chi connectivity index (χ1v) is 7.69. The van der Waals surface area contributed by atoms with Crippen LogP contribution in [0.1, 0.15) is 55.8 Å². The number of hydrogen-bond donors (Lipinski definition) is 2. The fourth-order valence-electron chi connectivity index (χ4n) is 3.34. The summed E-state index contributed by atoms with van der Waals surface area (Å²) in [5.41, 5.74) is 8.75. The molecule has 0 amide bonds. The number of fused-ring (bicyclic) bond motifs is 1. The average Bonchev–Trinajstić information content (AvgIpc) is 2.87. The van der Waals surface area contributed by atoms with Crippen LogP contribution in [0, 0.1) is 11.3 Å². The Hall–Kier alpha value is -1.58. The summed E-state index contributed by atoms with van der Waals surface area (Å²) in [7, 11) is 0. The highest BCUT2D eigenvalue weighted by Crippen LogP contribution is 2.31. The van der Waals surface area contributed by atoms with Crippen LogP contribution in [-0.2, 0) is 12.8 Å². The molecule has 1 saturated carbocycles. The van der Waals surface area contributed by atoms with Crippen molar-refractivity contribution in [1.29, 1.82) is 5.41 Å². The van der Waals surface area contributed by atoms with Gasteiger partial charge in [-0.15, -0.1) is 0 Å². The molecule has 0 aromatic carbocycles. The number of aromatic nitrogens is 1. The Balaban J connectivity index is 1.89. The minimum absolute atomic E-state index is 0.0608. The Morgan fingerprint density at radius 2 is 2.10 bits per heavy atom. The second-order valence-corrected chi connectivity index (χ2v) is 6.13. The molecule has 0 bridgehead atoms. The predicted molar refractivity (Wildman–Crippen MR) is 79.3 cm³/mol. The first-order chi connectivity index (χ1) is 9.65. The van der Waals surface area contributed by atoms with Crippen molar-refractivity contribution < 1.29 is 4.74 Å². The van der Waals surface area contributed by atoms with Gasteiger partial charge in [-0.3, -0.25) is 5.41 Å². The van der Waals surface area contributed by atoms with Gasteiger partial charge in [-0.05, 0) is 56.1 Å². The van der Waals surface area contributed by atoms with E-state index in [1.165, 1.54) is 24.8 Å². The monoisotopic (exact) mass is 273 g/mol. The molecule has 2 atom stereocenters. The van der Waals surface area contributed by atoms with Gasteiger partial charge in [0.25, 0.3) is 0 Å². The maximum absolute atomic E-state index is 7.76. The van der Waals surface area contributed by atoms with Gasteiger partial charge < -0.3 is 10.5 Å². The number of pyridine rings is 1. The highest BCUT2D eigenvalue weighted by atomic mass is 16.5. The second kappa shape index (κ2) is 5.43. The standard InChI is InChI=1S/C16H23N3O/c1-10-5-2-3-8-14(10)20-16-12(15(17)18)9-11-6-4-7-13(11)19-16/h9-10,14H,2-8H2,1H3,(H3,17,18). The lowest BCUT2D eigenvalue weighted by Gasteiger charge is -2.29. The summed E-state index contributed by atoms with van der Waals surface area (Å²) in [5.74, 6) is 1.20. The van der Waals surface area contributed by atoms with Crippen LogP contribution in [0.15, 0.2) is 6.07 Å². The lowest BCUT2D eigenvalue weighted by molar-refractivity contribution is 0.0971. The van der Waals surface area contributed by atoms with E-state index >= 15 is 0 Å². The van der Waals surface area contributed by atoms with Gasteiger partial charge in [0.2, 0.25) is 5.88 Å². The van der Waals surface area contributed by atoms with Crippen LogP contribution in [-0.4, -0.2) is 16.9 Å². The van der Waals surface area contributed by atoms with E-state index in [0.29, 0.717) is 17.4 Å². The van der Waals surface area contributed by atoms with Gasteiger partial charge in [-0.2, -0.15) is 0 Å². The minimum atomic E-state index is 0.0608. The summed E-state index contributed by atoms with van der Waals surface area (Å²) < 4.78 is 6.15. The first kappa shape index (κ1) is 13.4. The predicted octanol–water partition coefficient (Wildman–Crippen LogP) is 2.81. The molecule has 20 heavy (non-hydrogen) atoms. The lowest BCUT2D eigenvalue weighted by atomic mass is 9.88. The topological polar surface area (TPSA) is 72.0 Å². The zero-order valence-corrected chi connectivity index (χ0v) is 12.1. The number of rotatable bonds is 3. The van der Waals surface area contributed by atoms with E-state index in [-0.39, 0.29) is 11.9 Å². The lowest BCUT2D eigenvalue weighted by Crippen LogP contribution is -2.30. The number of nitrogens with zero attached hydrogens (tertiary/aromatic N) is 1. The molecule has 2 unspecified atom stereocenters. The van der Waals surface area contributed by atoms with Crippen LogP contribution in [0.25, 0.3) is 0 Å². The molecule has 1 aromatic heterocycles. The van der Waals surface area contributed by atoms with Crippen molar-refractivity contribution >= 4 is 5.84 Å². The smallest absolute Gasteiger partial charge is 0.225 e. The van der Waals surface area contributed by atoms with Crippen molar-refractivity contribution in [1.82, 2.24) is 4.98 Å². The molecule has 108 valence electrons. The number of hydrogen-bond acceptors (Lipinski definition) is 3. The molecule has 4 heteroatoms. The van der Waals surface area contributed by atoms with E-state index in [1.54, 1.807) is 0 Å². The van der Waals surface area contributed by atoms with Crippen LogP contribution >= 0.6 is 0 Å². The summed E-state index contributed by atoms with van der Waals surface area (Å²) in [6, 6.07) is 2.01. The van der Waals surface area contributed by atoms with Crippen molar-refractivity contribution in [2.45, 2.75) is 58.0 Å². The highest BCUT2D eigenvalue weighted by Gasteiger charge is 2.26. The van der Waals surface area contributed by atoms with Crippen LogP contribution in [0.2, 0.25) is 0 Å². The van der Waals surface area contributed by atoms with Gasteiger partial charge in [0.05, 0.1) is 5.56 Å². The fourth-order valence-corrected chi connectivity index (χ4v) is 3.34. The highest BCUT2D eigenvalue weighted by molar-refractivity contribution is 5.97. The van der Waals surface area contributed by atoms with Crippen molar-refractivity contribution in [2.75, 3.05) is 0 Å². The molecule has 0 radical (unpaired) electrons. The van der Waals surface area contributed by atoms with Gasteiger partial charge in [0.1, 0.15) is 11.9 Å². The average molecular weight is 273 g/mol. The molecular formula is C16H23N3O. The molecule has 0 saturated heterocycles. The molecule has 2 aliphatic carbocycles. The van der Waals surface area contributed by atoms with E-state index in [1.807, 2.05) is 6.07 Å². The molecule has 1 aromatic rings. The third-order valence-corrected chi connectivity index (χ3v) is 4.60. The van der Waals surface area contributed by atoms with Crippen molar-refractivity contribution in [3.05, 3.63) is 22.9 Å². The molecular weight excluding hydrogens is 250 g/mol. The number of aryl methyl sites for hydroxylation is 2. The largest absolute Gasteiger partial charge is 0.474 e. The molecule has 4 nitrogen and oxygen atoms in total. The Kier molecular flexibility index (Phi) is 3.64. The third-order valence-electron chi connectivity index (χ3n) is 4.60. The quantitative estimate of drug-likeness (QED) is 0.657. The normalized spacial score (nSPS) is 25.2. The van der Waals surface area contributed by atoms with Crippen molar-refractivity contribution in [2.24, 2.45) is 11.7 Å². The third kappa shape index (κ3) is 2.51. The zero-order valence-electron chi connectivity index (χ0n) is 12.1. The maximum atomic E-state index is 7.76. The Labute approximate surface area is 120 Å². The molecule has 3 N–H and O–H groups in total. The number of nitrogen functional groups attached to an aromatic ring is 1. The number of ether oxygens (including phenoxy) is 1. The fraction of sp³-hybridized carbons (Fsp3) is 0.625. The van der Waals surface area contributed by atoms with E-state index in [4.69, 9.17) is 15.9 Å². The summed E-state index contributed by atoms with van der Waals surface area (Å²) >= 11 is 0. The minimum Gasteiger partial charge on any atom is -0.474 e. The molecule has 1 fully saturated rings. The van der Waals surface area contributed by atoms with E-state index in [0.717, 1.165) is 31.4 Å². The van der Waals surface area contributed by atoms with Gasteiger partial charge >= 0.3 is 0 Å². The van der Waals surface area contributed by atoms with E-state index in [9.17, 15) is 0 Å². The van der Waals surface area contributed by atoms with Gasteiger partial charge in [0.15, 0.2) is 0 Å². The van der Waals surface area contributed by atoms with Crippen molar-refractivity contribution in [3.63, 3.8) is 0 Å². The first-order valence-electron chi connectivity index (χ1n) is 7.69. The molecule has 0 spiro atoms. The molecule has 0 aliphatic heterocycles. The van der Waals surface area contributed by atoms with Crippen molar-refractivity contribution in [3.8, 4) is 5.88 Å². The Morgan fingerprint density at radius 1 is 1.30 bits per heavy atom. The van der Waals surface area contributed by atoms with Gasteiger partial charge in [-0.1, -0.05) is 13.3 Å². The van der Waals surface area contributed by atoms with Crippen LogP contribution in [0.3, 0.4) is 0 Å². The molecule has 3 rings (SSSR count). The maximum Gasteiger partial charge on any atom is 0.225 e. The molecule has 2 aliphatic rings. The van der Waals surface area contributed by atoms with Crippen LogP contribution in [0.4, 0.5) is 0 Å². The zero-order chi connectivity index (χ0) is 14.1. The van der Waals surface area contributed by atoms with Crippen LogP contribution < -0.4 is 10.5 Å². The number of amidine groups is 1. The Bertz CT molecular complexity index is 527. The second-order valence-electron chi connectivity index (χ2n) is 6.13. The van der Waals surface area contributed by atoms with Gasteiger partial charge in [-0.25, -0.2) is 4.98 Å². The number of nitrogens with one attached hydrogen (secondary N) is 1. The van der Waals surface area contributed by atoms with E-state index < -0.39 is 0 Å². The number of nitrogens with two attached hydrogens (primary N) is 1. The summed E-state index contributed by atoms with van der Waals surface area (Å²) in [6.07, 6.45) is 8.22. The van der Waals surface area contributed by atoms with Crippen LogP contribution in [0.5, 0.6) is 5.88 Å². The Morgan fingerprint density at radius 3 is 2.85 bits per heavy atom.